The lowest BCUT2D eigenvalue weighted by molar-refractivity contribution is 0.100. The van der Waals surface area contributed by atoms with Gasteiger partial charge in [0.05, 0.1) is 0 Å². The smallest absolute Gasteiger partial charge is 0.238 e. The van der Waals surface area contributed by atoms with Crippen LogP contribution in [0.15, 0.2) is 30.3 Å². The molecule has 1 saturated heterocycles. The highest BCUT2D eigenvalue weighted by Crippen LogP contribution is 2.30. The van der Waals surface area contributed by atoms with Gasteiger partial charge in [0.25, 0.3) is 0 Å². The second kappa shape index (κ2) is 5.39. The van der Waals surface area contributed by atoms with Crippen LogP contribution in [0.25, 0.3) is 0 Å². The van der Waals surface area contributed by atoms with Crippen LogP contribution in [0.3, 0.4) is 0 Å². The highest BCUT2D eigenvalue weighted by Gasteiger charge is 2.24. The molecule has 0 unspecified atom stereocenters. The fraction of sp³-hybridized carbons (Fsp3) is 0.538. The molecule has 1 N–H and O–H groups in total. The Morgan fingerprint density at radius 1 is 1.25 bits per heavy atom. The molecule has 16 heavy (non-hydrogen) atoms. The molecule has 1 fully saturated rings. The van der Waals surface area contributed by atoms with Crippen molar-refractivity contribution in [3.63, 3.8) is 0 Å². The molecule has 0 amide bonds. The van der Waals surface area contributed by atoms with E-state index in [9.17, 15) is 8.78 Å². The van der Waals surface area contributed by atoms with Gasteiger partial charge in [-0.2, -0.15) is 0 Å². The van der Waals surface area contributed by atoms with Crippen LogP contribution < -0.4 is 5.32 Å². The SMILES string of the molecule is FC(F)C[C@@H]1CCN[C@H](c2ccccc2)C1. The normalized spacial score (nSPS) is 25.9. The molecule has 2 atom stereocenters. The minimum absolute atomic E-state index is 0.0466. The number of halogens is 2. The lowest BCUT2D eigenvalue weighted by Gasteiger charge is -2.30. The van der Waals surface area contributed by atoms with E-state index in [-0.39, 0.29) is 18.4 Å². The Morgan fingerprint density at radius 2 is 2.00 bits per heavy atom. The number of rotatable bonds is 3. The summed E-state index contributed by atoms with van der Waals surface area (Å²) in [5.41, 5.74) is 1.21. The summed E-state index contributed by atoms with van der Waals surface area (Å²) in [7, 11) is 0. The van der Waals surface area contributed by atoms with E-state index in [0.29, 0.717) is 0 Å². The summed E-state index contributed by atoms with van der Waals surface area (Å²) in [5, 5.41) is 3.39. The number of alkyl halides is 2. The fourth-order valence-electron chi connectivity index (χ4n) is 2.40. The Kier molecular flexibility index (Phi) is 3.88. The zero-order valence-electron chi connectivity index (χ0n) is 9.20. The molecule has 0 bridgehead atoms. The van der Waals surface area contributed by atoms with Gasteiger partial charge in [-0.15, -0.1) is 0 Å². The topological polar surface area (TPSA) is 12.0 Å². The van der Waals surface area contributed by atoms with Crippen LogP contribution in [0.2, 0.25) is 0 Å². The Balaban J connectivity index is 1.97. The average molecular weight is 225 g/mol. The zero-order valence-corrected chi connectivity index (χ0v) is 9.20. The van der Waals surface area contributed by atoms with E-state index in [1.807, 2.05) is 18.2 Å². The molecule has 1 aliphatic rings. The molecule has 1 aromatic rings. The number of nitrogens with one attached hydrogen (secondary N) is 1. The number of hydrogen-bond acceptors (Lipinski definition) is 1. The third-order valence-corrected chi connectivity index (χ3v) is 3.23. The summed E-state index contributed by atoms with van der Waals surface area (Å²) in [6.45, 7) is 0.844. The number of piperidine rings is 1. The molecule has 0 aliphatic carbocycles. The first-order valence-corrected chi connectivity index (χ1v) is 5.82. The first-order valence-electron chi connectivity index (χ1n) is 5.82. The van der Waals surface area contributed by atoms with Crippen LogP contribution in [0.5, 0.6) is 0 Å². The highest BCUT2D eigenvalue weighted by atomic mass is 19.3. The lowest BCUT2D eigenvalue weighted by Crippen LogP contribution is -2.32. The molecule has 1 heterocycles. The van der Waals surface area contributed by atoms with Gasteiger partial charge in [0, 0.05) is 12.5 Å². The standard InChI is InChI=1S/C13H17F2N/c14-13(15)9-10-6-7-16-12(8-10)11-4-2-1-3-5-11/h1-5,10,12-13,16H,6-9H2/t10-,12+/m1/s1. The van der Waals surface area contributed by atoms with E-state index in [1.165, 1.54) is 5.56 Å². The second-order valence-corrected chi connectivity index (χ2v) is 4.43. The van der Waals surface area contributed by atoms with Crippen molar-refractivity contribution in [1.82, 2.24) is 5.32 Å². The van der Waals surface area contributed by atoms with Gasteiger partial charge >= 0.3 is 0 Å². The molecule has 3 heteroatoms. The molecule has 1 aliphatic heterocycles. The average Bonchev–Trinajstić information content (AvgIpc) is 2.30. The summed E-state index contributed by atoms with van der Waals surface area (Å²) in [6, 6.07) is 10.3. The highest BCUT2D eigenvalue weighted by molar-refractivity contribution is 5.19. The molecular formula is C13H17F2N. The Hall–Kier alpha value is -0.960. The van der Waals surface area contributed by atoms with Gasteiger partial charge in [-0.3, -0.25) is 0 Å². The summed E-state index contributed by atoms with van der Waals surface area (Å²) in [5.74, 6) is 0.159. The van der Waals surface area contributed by atoms with E-state index in [0.717, 1.165) is 19.4 Å². The maximum atomic E-state index is 12.3. The number of benzene rings is 1. The van der Waals surface area contributed by atoms with Crippen molar-refractivity contribution < 1.29 is 8.78 Å². The van der Waals surface area contributed by atoms with Gasteiger partial charge in [0.2, 0.25) is 6.43 Å². The van der Waals surface area contributed by atoms with Crippen molar-refractivity contribution in [2.45, 2.75) is 31.7 Å². The minimum atomic E-state index is -2.17. The largest absolute Gasteiger partial charge is 0.310 e. The number of hydrogen-bond donors (Lipinski definition) is 1. The van der Waals surface area contributed by atoms with Crippen molar-refractivity contribution in [2.75, 3.05) is 6.54 Å². The maximum absolute atomic E-state index is 12.3. The minimum Gasteiger partial charge on any atom is -0.310 e. The quantitative estimate of drug-likeness (QED) is 0.831. The van der Waals surface area contributed by atoms with Crippen LogP contribution in [0.1, 0.15) is 30.9 Å². The van der Waals surface area contributed by atoms with Crippen LogP contribution >= 0.6 is 0 Å². The van der Waals surface area contributed by atoms with Crippen molar-refractivity contribution in [1.29, 1.82) is 0 Å². The first kappa shape index (κ1) is 11.5. The molecule has 88 valence electrons. The summed E-state index contributed by atoms with van der Waals surface area (Å²) in [4.78, 5) is 0. The molecule has 0 radical (unpaired) electrons. The Bertz CT molecular complexity index is 313. The van der Waals surface area contributed by atoms with Crippen molar-refractivity contribution >= 4 is 0 Å². The van der Waals surface area contributed by atoms with Gasteiger partial charge < -0.3 is 5.32 Å². The van der Waals surface area contributed by atoms with Gasteiger partial charge in [-0.05, 0) is 30.9 Å². The van der Waals surface area contributed by atoms with Crippen molar-refractivity contribution in [3.05, 3.63) is 35.9 Å². The van der Waals surface area contributed by atoms with Gasteiger partial charge in [0.1, 0.15) is 0 Å². The molecular weight excluding hydrogens is 208 g/mol. The lowest BCUT2D eigenvalue weighted by atomic mass is 9.87. The molecule has 0 saturated carbocycles. The van der Waals surface area contributed by atoms with E-state index in [1.54, 1.807) is 0 Å². The van der Waals surface area contributed by atoms with E-state index in [2.05, 4.69) is 17.4 Å². The van der Waals surface area contributed by atoms with E-state index < -0.39 is 6.43 Å². The molecule has 1 aromatic carbocycles. The summed E-state index contributed by atoms with van der Waals surface area (Å²) in [6.07, 6.45) is -0.424. The van der Waals surface area contributed by atoms with Crippen LogP contribution in [-0.2, 0) is 0 Å². The third kappa shape index (κ3) is 3.01. The Labute approximate surface area is 94.9 Å². The predicted molar refractivity (Wildman–Crippen MR) is 60.5 cm³/mol. The maximum Gasteiger partial charge on any atom is 0.238 e. The molecule has 0 spiro atoms. The zero-order chi connectivity index (χ0) is 11.4. The summed E-state index contributed by atoms with van der Waals surface area (Å²) >= 11 is 0. The van der Waals surface area contributed by atoms with E-state index >= 15 is 0 Å². The first-order chi connectivity index (χ1) is 7.75. The van der Waals surface area contributed by atoms with E-state index in [4.69, 9.17) is 0 Å². The third-order valence-electron chi connectivity index (χ3n) is 3.23. The monoisotopic (exact) mass is 225 g/mol. The Morgan fingerprint density at radius 3 is 2.69 bits per heavy atom. The van der Waals surface area contributed by atoms with Gasteiger partial charge in [-0.1, -0.05) is 30.3 Å². The van der Waals surface area contributed by atoms with Crippen molar-refractivity contribution in [3.8, 4) is 0 Å². The fourth-order valence-corrected chi connectivity index (χ4v) is 2.40. The molecule has 2 rings (SSSR count). The molecule has 0 aromatic heterocycles. The van der Waals surface area contributed by atoms with Crippen LogP contribution in [-0.4, -0.2) is 13.0 Å². The van der Waals surface area contributed by atoms with Crippen LogP contribution in [0.4, 0.5) is 8.78 Å². The second-order valence-electron chi connectivity index (χ2n) is 4.43. The predicted octanol–water partition coefficient (Wildman–Crippen LogP) is 3.38. The summed E-state index contributed by atoms with van der Waals surface area (Å²) < 4.78 is 24.7. The van der Waals surface area contributed by atoms with Gasteiger partial charge in [0.15, 0.2) is 0 Å². The van der Waals surface area contributed by atoms with Gasteiger partial charge in [-0.25, -0.2) is 8.78 Å². The molecule has 1 nitrogen and oxygen atoms in total. The van der Waals surface area contributed by atoms with Crippen LogP contribution in [0, 0.1) is 5.92 Å². The van der Waals surface area contributed by atoms with Crippen molar-refractivity contribution in [2.24, 2.45) is 5.92 Å².